The summed E-state index contributed by atoms with van der Waals surface area (Å²) in [6.45, 7) is 2.82. The van der Waals surface area contributed by atoms with Crippen LogP contribution in [0.25, 0.3) is 0 Å². The first-order valence-electron chi connectivity index (χ1n) is 7.61. The van der Waals surface area contributed by atoms with Crippen molar-refractivity contribution in [2.45, 2.75) is 25.4 Å². The van der Waals surface area contributed by atoms with E-state index in [0.717, 1.165) is 32.5 Å². The number of pyridine rings is 1. The van der Waals surface area contributed by atoms with Crippen molar-refractivity contribution in [3.8, 4) is 0 Å². The van der Waals surface area contributed by atoms with Crippen LogP contribution >= 0.6 is 0 Å². The smallest absolute Gasteiger partial charge is 0.269 e. The number of piperidine rings is 1. The average molecular weight is 299 g/mol. The third-order valence-electron chi connectivity index (χ3n) is 4.02. The van der Waals surface area contributed by atoms with Crippen molar-refractivity contribution in [3.63, 3.8) is 0 Å². The average Bonchev–Trinajstić information content (AvgIpc) is 2.95. The second-order valence-corrected chi connectivity index (χ2v) is 5.80. The van der Waals surface area contributed by atoms with E-state index in [1.807, 2.05) is 19.3 Å². The van der Waals surface area contributed by atoms with Gasteiger partial charge in [-0.3, -0.25) is 14.7 Å². The minimum Gasteiger partial charge on any atom is -0.347 e. The lowest BCUT2D eigenvalue weighted by Gasteiger charge is -2.33. The largest absolute Gasteiger partial charge is 0.347 e. The lowest BCUT2D eigenvalue weighted by molar-refractivity contribution is 0.0892. The Balaban J connectivity index is 1.57. The Morgan fingerprint density at radius 3 is 3.05 bits per heavy atom. The molecular weight excluding hydrogens is 278 g/mol. The highest BCUT2D eigenvalue weighted by Crippen LogP contribution is 2.14. The quantitative estimate of drug-likeness (QED) is 0.922. The fourth-order valence-electron chi connectivity index (χ4n) is 2.90. The van der Waals surface area contributed by atoms with Crippen LogP contribution in [-0.4, -0.2) is 44.5 Å². The van der Waals surface area contributed by atoms with E-state index in [9.17, 15) is 4.79 Å². The maximum atomic E-state index is 12.3. The van der Waals surface area contributed by atoms with Gasteiger partial charge in [0.05, 0.1) is 12.5 Å². The molecule has 3 heterocycles. The summed E-state index contributed by atoms with van der Waals surface area (Å²) in [4.78, 5) is 22.8. The Labute approximate surface area is 130 Å². The summed E-state index contributed by atoms with van der Waals surface area (Å²) in [6.07, 6.45) is 9.05. The number of imidazole rings is 1. The second kappa shape index (κ2) is 6.70. The molecule has 22 heavy (non-hydrogen) atoms. The van der Waals surface area contributed by atoms with Gasteiger partial charge in [-0.25, -0.2) is 4.98 Å². The van der Waals surface area contributed by atoms with E-state index in [-0.39, 0.29) is 11.9 Å². The van der Waals surface area contributed by atoms with Crippen LogP contribution in [0.2, 0.25) is 0 Å². The third kappa shape index (κ3) is 3.51. The van der Waals surface area contributed by atoms with Gasteiger partial charge in [0.25, 0.3) is 5.91 Å². The molecule has 1 N–H and O–H groups in total. The Kier molecular flexibility index (Phi) is 4.48. The third-order valence-corrected chi connectivity index (χ3v) is 4.02. The Hall–Kier alpha value is -2.21. The van der Waals surface area contributed by atoms with Gasteiger partial charge in [-0.05, 0) is 31.0 Å². The topological polar surface area (TPSA) is 63.1 Å². The number of nitrogens with one attached hydrogen (secondary N) is 1. The highest BCUT2D eigenvalue weighted by Gasteiger charge is 2.22. The molecule has 2 aromatic heterocycles. The molecule has 2 aromatic rings. The first-order chi connectivity index (χ1) is 10.7. The fourth-order valence-corrected chi connectivity index (χ4v) is 2.90. The zero-order valence-electron chi connectivity index (χ0n) is 12.8. The van der Waals surface area contributed by atoms with E-state index in [2.05, 4.69) is 26.3 Å². The number of carbonyl (C=O) groups excluding carboxylic acids is 1. The number of nitrogens with zero attached hydrogens (tertiary/aromatic N) is 4. The molecule has 0 spiro atoms. The summed E-state index contributed by atoms with van der Waals surface area (Å²) in [5, 5.41) is 3.12. The van der Waals surface area contributed by atoms with Crippen molar-refractivity contribution in [1.82, 2.24) is 24.8 Å². The Bertz CT molecular complexity index is 624. The normalized spacial score (nSPS) is 19.0. The maximum absolute atomic E-state index is 12.3. The number of hydrogen-bond acceptors (Lipinski definition) is 4. The van der Waals surface area contributed by atoms with Gasteiger partial charge in [0.15, 0.2) is 0 Å². The monoisotopic (exact) mass is 299 g/mol. The minimum atomic E-state index is -0.0479. The van der Waals surface area contributed by atoms with Gasteiger partial charge in [0.1, 0.15) is 5.69 Å². The first kappa shape index (κ1) is 14.7. The van der Waals surface area contributed by atoms with Gasteiger partial charge in [0, 0.05) is 38.6 Å². The molecule has 0 aromatic carbocycles. The molecule has 1 fully saturated rings. The number of rotatable bonds is 4. The molecule has 3 rings (SSSR count). The van der Waals surface area contributed by atoms with Crippen molar-refractivity contribution in [1.29, 1.82) is 0 Å². The zero-order chi connectivity index (χ0) is 15.4. The maximum Gasteiger partial charge on any atom is 0.269 e. The molecule has 1 saturated heterocycles. The van der Waals surface area contributed by atoms with Gasteiger partial charge in [-0.2, -0.15) is 0 Å². The minimum absolute atomic E-state index is 0.0479. The molecule has 1 atom stereocenters. The summed E-state index contributed by atoms with van der Waals surface area (Å²) < 4.78 is 1.74. The summed E-state index contributed by atoms with van der Waals surface area (Å²) in [6, 6.07) is 4.24. The predicted octanol–water partition coefficient (Wildman–Crippen LogP) is 1.21. The van der Waals surface area contributed by atoms with Crippen molar-refractivity contribution in [3.05, 3.63) is 48.3 Å². The van der Waals surface area contributed by atoms with E-state index >= 15 is 0 Å². The summed E-state index contributed by atoms with van der Waals surface area (Å²) >= 11 is 0. The molecule has 1 aliphatic heterocycles. The summed E-state index contributed by atoms with van der Waals surface area (Å²) in [5.74, 6) is -0.0479. The van der Waals surface area contributed by atoms with E-state index in [1.165, 1.54) is 5.56 Å². The van der Waals surface area contributed by atoms with E-state index in [0.29, 0.717) is 5.69 Å². The summed E-state index contributed by atoms with van der Waals surface area (Å²) in [5.41, 5.74) is 1.81. The molecule has 0 bridgehead atoms. The Morgan fingerprint density at radius 2 is 2.32 bits per heavy atom. The van der Waals surface area contributed by atoms with Crippen LogP contribution < -0.4 is 5.32 Å². The van der Waals surface area contributed by atoms with E-state index in [1.54, 1.807) is 23.3 Å². The van der Waals surface area contributed by atoms with Crippen LogP contribution in [0.15, 0.2) is 37.1 Å². The summed E-state index contributed by atoms with van der Waals surface area (Å²) in [7, 11) is 1.83. The first-order valence-corrected chi connectivity index (χ1v) is 7.61. The van der Waals surface area contributed by atoms with Crippen LogP contribution in [0.3, 0.4) is 0 Å². The number of aryl methyl sites for hydroxylation is 1. The molecule has 0 saturated carbocycles. The molecule has 1 amide bonds. The molecule has 6 nitrogen and oxygen atoms in total. The number of likely N-dealkylation sites (tertiary alicyclic amines) is 1. The van der Waals surface area contributed by atoms with Crippen LogP contribution in [-0.2, 0) is 13.6 Å². The standard InChI is InChI=1S/C16H21N5O/c1-20-12-18-9-15(20)16(22)19-14-5-3-7-21(11-14)10-13-4-2-6-17-8-13/h2,4,6,8-9,12,14H,3,5,7,10-11H2,1H3,(H,19,22). The van der Waals surface area contributed by atoms with Gasteiger partial charge in [0.2, 0.25) is 0 Å². The molecule has 0 radical (unpaired) electrons. The van der Waals surface area contributed by atoms with Crippen molar-refractivity contribution in [2.24, 2.45) is 7.05 Å². The Morgan fingerprint density at radius 1 is 1.41 bits per heavy atom. The van der Waals surface area contributed by atoms with Crippen molar-refractivity contribution in [2.75, 3.05) is 13.1 Å². The van der Waals surface area contributed by atoms with Gasteiger partial charge in [-0.1, -0.05) is 6.07 Å². The fraction of sp³-hybridized carbons (Fsp3) is 0.438. The van der Waals surface area contributed by atoms with E-state index < -0.39 is 0 Å². The number of hydrogen-bond donors (Lipinski definition) is 1. The van der Waals surface area contributed by atoms with Gasteiger partial charge < -0.3 is 9.88 Å². The lowest BCUT2D eigenvalue weighted by Crippen LogP contribution is -2.47. The zero-order valence-corrected chi connectivity index (χ0v) is 12.8. The van der Waals surface area contributed by atoms with Crippen molar-refractivity contribution >= 4 is 5.91 Å². The van der Waals surface area contributed by atoms with Crippen LogP contribution in [0.4, 0.5) is 0 Å². The molecule has 116 valence electrons. The van der Waals surface area contributed by atoms with E-state index in [4.69, 9.17) is 0 Å². The predicted molar refractivity (Wildman–Crippen MR) is 83.2 cm³/mol. The number of carbonyl (C=O) groups is 1. The second-order valence-electron chi connectivity index (χ2n) is 5.80. The number of aromatic nitrogens is 3. The molecule has 0 aliphatic carbocycles. The van der Waals surface area contributed by atoms with Crippen LogP contribution in [0.1, 0.15) is 28.9 Å². The van der Waals surface area contributed by atoms with Gasteiger partial charge in [-0.15, -0.1) is 0 Å². The highest BCUT2D eigenvalue weighted by molar-refractivity contribution is 5.92. The molecule has 6 heteroatoms. The van der Waals surface area contributed by atoms with Crippen molar-refractivity contribution < 1.29 is 4.79 Å². The lowest BCUT2D eigenvalue weighted by atomic mass is 10.0. The molecular formula is C16H21N5O. The highest BCUT2D eigenvalue weighted by atomic mass is 16.2. The van der Waals surface area contributed by atoms with Crippen LogP contribution in [0, 0.1) is 0 Å². The SMILES string of the molecule is Cn1cncc1C(=O)NC1CCCN(Cc2cccnc2)C1. The molecule has 1 unspecified atom stereocenters. The van der Waals surface area contributed by atoms with Gasteiger partial charge >= 0.3 is 0 Å². The molecule has 1 aliphatic rings. The number of amides is 1. The van der Waals surface area contributed by atoms with Crippen LogP contribution in [0.5, 0.6) is 0 Å².